The number of benzene rings is 2. The zero-order chi connectivity index (χ0) is 17.8. The Morgan fingerprint density at radius 3 is 2.56 bits per heavy atom. The molecule has 0 aliphatic rings. The lowest BCUT2D eigenvalue weighted by Gasteiger charge is -2.12. The molecule has 0 unspecified atom stereocenters. The number of aromatic nitrogens is 1. The van der Waals surface area contributed by atoms with E-state index in [4.69, 9.17) is 9.72 Å². The number of carbonyl (C=O) groups is 1. The molecule has 0 fully saturated rings. The number of carbonyl (C=O) groups excluding carboxylic acids is 1. The maximum absolute atomic E-state index is 12.7. The first-order valence-corrected chi connectivity index (χ1v) is 8.74. The van der Waals surface area contributed by atoms with Crippen molar-refractivity contribution in [3.63, 3.8) is 0 Å². The SMILES string of the molecule is CCCCOC(=O)c1cc(-c2ccccc2)nc2c(C)cc(C)cc12. The second-order valence-corrected chi connectivity index (χ2v) is 6.39. The Labute approximate surface area is 148 Å². The zero-order valence-corrected chi connectivity index (χ0v) is 15.0. The molecule has 3 heteroatoms. The minimum Gasteiger partial charge on any atom is -0.462 e. The Morgan fingerprint density at radius 1 is 1.08 bits per heavy atom. The molecule has 3 nitrogen and oxygen atoms in total. The van der Waals surface area contributed by atoms with Crippen molar-refractivity contribution in [2.45, 2.75) is 33.6 Å². The van der Waals surface area contributed by atoms with E-state index in [1.165, 1.54) is 0 Å². The third kappa shape index (κ3) is 3.71. The van der Waals surface area contributed by atoms with Gasteiger partial charge in [0.05, 0.1) is 23.4 Å². The maximum atomic E-state index is 12.7. The lowest BCUT2D eigenvalue weighted by atomic mass is 10.00. The van der Waals surface area contributed by atoms with Gasteiger partial charge in [-0.15, -0.1) is 0 Å². The molecule has 3 aromatic rings. The first-order chi connectivity index (χ1) is 12.1. The van der Waals surface area contributed by atoms with Crippen LogP contribution in [0.15, 0.2) is 48.5 Å². The first kappa shape index (κ1) is 17.2. The van der Waals surface area contributed by atoms with Crippen LogP contribution in [0.5, 0.6) is 0 Å². The van der Waals surface area contributed by atoms with Gasteiger partial charge in [0.2, 0.25) is 0 Å². The van der Waals surface area contributed by atoms with Crippen LogP contribution < -0.4 is 0 Å². The topological polar surface area (TPSA) is 39.2 Å². The number of rotatable bonds is 5. The standard InChI is InChI=1S/C22H23NO2/c1-4-5-11-25-22(24)19-14-20(17-9-7-6-8-10-17)23-21-16(3)12-15(2)13-18(19)21/h6-10,12-14H,4-5,11H2,1-3H3. The van der Waals surface area contributed by atoms with Gasteiger partial charge in [0.15, 0.2) is 0 Å². The van der Waals surface area contributed by atoms with Crippen LogP contribution in [0.3, 0.4) is 0 Å². The molecule has 0 spiro atoms. The fourth-order valence-corrected chi connectivity index (χ4v) is 2.99. The summed E-state index contributed by atoms with van der Waals surface area (Å²) in [5, 5.41) is 0.860. The van der Waals surface area contributed by atoms with Crippen LogP contribution >= 0.6 is 0 Å². The Hall–Kier alpha value is -2.68. The van der Waals surface area contributed by atoms with Crippen molar-refractivity contribution in [1.29, 1.82) is 0 Å². The highest BCUT2D eigenvalue weighted by molar-refractivity contribution is 6.05. The smallest absolute Gasteiger partial charge is 0.338 e. The van der Waals surface area contributed by atoms with Gasteiger partial charge >= 0.3 is 5.97 Å². The lowest BCUT2D eigenvalue weighted by molar-refractivity contribution is 0.0502. The highest BCUT2D eigenvalue weighted by atomic mass is 16.5. The predicted octanol–water partition coefficient (Wildman–Crippen LogP) is 5.48. The Kier molecular flexibility index (Phi) is 5.13. The van der Waals surface area contributed by atoms with Crippen molar-refractivity contribution in [1.82, 2.24) is 4.98 Å². The summed E-state index contributed by atoms with van der Waals surface area (Å²) < 4.78 is 5.48. The molecule has 1 heterocycles. The van der Waals surface area contributed by atoms with Crippen LogP contribution in [-0.4, -0.2) is 17.6 Å². The van der Waals surface area contributed by atoms with Crippen LogP contribution in [0.25, 0.3) is 22.2 Å². The van der Waals surface area contributed by atoms with Crippen molar-refractivity contribution in [2.75, 3.05) is 6.61 Å². The van der Waals surface area contributed by atoms with Crippen molar-refractivity contribution >= 4 is 16.9 Å². The number of hydrogen-bond acceptors (Lipinski definition) is 3. The summed E-state index contributed by atoms with van der Waals surface area (Å²) in [5.41, 5.74) is 5.41. The van der Waals surface area contributed by atoms with Gasteiger partial charge in [0.25, 0.3) is 0 Å². The van der Waals surface area contributed by atoms with Crippen LogP contribution in [0.4, 0.5) is 0 Å². The monoisotopic (exact) mass is 333 g/mol. The van der Waals surface area contributed by atoms with Gasteiger partial charge in [0.1, 0.15) is 0 Å². The summed E-state index contributed by atoms with van der Waals surface area (Å²) in [6.07, 6.45) is 1.87. The molecule has 0 atom stereocenters. The predicted molar refractivity (Wildman–Crippen MR) is 102 cm³/mol. The minimum atomic E-state index is -0.275. The van der Waals surface area contributed by atoms with E-state index in [9.17, 15) is 4.79 Å². The van der Waals surface area contributed by atoms with Crippen molar-refractivity contribution in [3.05, 3.63) is 65.2 Å². The number of unbranched alkanes of at least 4 members (excludes halogenated alkanes) is 1. The third-order valence-electron chi connectivity index (χ3n) is 4.27. The van der Waals surface area contributed by atoms with Gasteiger partial charge in [-0.1, -0.05) is 55.3 Å². The summed E-state index contributed by atoms with van der Waals surface area (Å²) in [5.74, 6) is -0.275. The third-order valence-corrected chi connectivity index (χ3v) is 4.27. The molecule has 128 valence electrons. The molecular weight excluding hydrogens is 310 g/mol. The summed E-state index contributed by atoms with van der Waals surface area (Å²) >= 11 is 0. The molecule has 1 aromatic heterocycles. The van der Waals surface area contributed by atoms with E-state index in [-0.39, 0.29) is 5.97 Å². The number of pyridine rings is 1. The quantitative estimate of drug-likeness (QED) is 0.459. The highest BCUT2D eigenvalue weighted by Gasteiger charge is 2.16. The van der Waals surface area contributed by atoms with Crippen molar-refractivity contribution in [2.24, 2.45) is 0 Å². The summed E-state index contributed by atoms with van der Waals surface area (Å²) in [6, 6.07) is 15.9. The summed E-state index contributed by atoms with van der Waals surface area (Å²) in [7, 11) is 0. The van der Waals surface area contributed by atoms with Gasteiger partial charge in [0, 0.05) is 10.9 Å². The largest absolute Gasteiger partial charge is 0.462 e. The fraction of sp³-hybridized carbons (Fsp3) is 0.273. The molecule has 0 amide bonds. The molecule has 0 N–H and O–H groups in total. The molecule has 0 saturated heterocycles. The number of hydrogen-bond donors (Lipinski definition) is 0. The molecular formula is C22H23NO2. The molecule has 0 aliphatic heterocycles. The second-order valence-electron chi connectivity index (χ2n) is 6.39. The molecule has 0 bridgehead atoms. The Balaban J connectivity index is 2.16. The van der Waals surface area contributed by atoms with Crippen LogP contribution in [0, 0.1) is 13.8 Å². The summed E-state index contributed by atoms with van der Waals surface area (Å²) in [4.78, 5) is 17.5. The highest BCUT2D eigenvalue weighted by Crippen LogP contribution is 2.28. The minimum absolute atomic E-state index is 0.275. The number of fused-ring (bicyclic) bond motifs is 1. The molecule has 0 saturated carbocycles. The number of ether oxygens (including phenoxy) is 1. The lowest BCUT2D eigenvalue weighted by Crippen LogP contribution is -2.08. The second kappa shape index (κ2) is 7.47. The Bertz CT molecular complexity index is 901. The van der Waals surface area contributed by atoms with E-state index >= 15 is 0 Å². The molecule has 0 aliphatic carbocycles. The van der Waals surface area contributed by atoms with E-state index in [0.717, 1.165) is 46.1 Å². The number of aryl methyl sites for hydroxylation is 2. The zero-order valence-electron chi connectivity index (χ0n) is 15.0. The van der Waals surface area contributed by atoms with Gasteiger partial charge in [-0.25, -0.2) is 9.78 Å². The molecule has 2 aromatic carbocycles. The number of esters is 1. The van der Waals surface area contributed by atoms with E-state index < -0.39 is 0 Å². The van der Waals surface area contributed by atoms with E-state index in [2.05, 4.69) is 13.0 Å². The number of nitrogens with zero attached hydrogens (tertiary/aromatic N) is 1. The van der Waals surface area contributed by atoms with Gasteiger partial charge in [-0.3, -0.25) is 0 Å². The average molecular weight is 333 g/mol. The fourth-order valence-electron chi connectivity index (χ4n) is 2.99. The van der Waals surface area contributed by atoms with Gasteiger partial charge in [-0.2, -0.15) is 0 Å². The normalized spacial score (nSPS) is 10.8. The van der Waals surface area contributed by atoms with E-state index in [1.807, 2.05) is 56.3 Å². The first-order valence-electron chi connectivity index (χ1n) is 8.74. The van der Waals surface area contributed by atoms with Crippen molar-refractivity contribution in [3.8, 4) is 11.3 Å². The van der Waals surface area contributed by atoms with Crippen molar-refractivity contribution < 1.29 is 9.53 Å². The summed E-state index contributed by atoms with van der Waals surface area (Å²) in [6.45, 7) is 6.59. The van der Waals surface area contributed by atoms with E-state index in [0.29, 0.717) is 12.2 Å². The van der Waals surface area contributed by atoms with Gasteiger partial charge in [-0.05, 0) is 38.0 Å². The van der Waals surface area contributed by atoms with Crippen LogP contribution in [0.2, 0.25) is 0 Å². The molecule has 0 radical (unpaired) electrons. The van der Waals surface area contributed by atoms with Crippen LogP contribution in [0.1, 0.15) is 41.3 Å². The van der Waals surface area contributed by atoms with E-state index in [1.54, 1.807) is 0 Å². The van der Waals surface area contributed by atoms with Gasteiger partial charge < -0.3 is 4.74 Å². The Morgan fingerprint density at radius 2 is 1.84 bits per heavy atom. The maximum Gasteiger partial charge on any atom is 0.338 e. The molecule has 3 rings (SSSR count). The van der Waals surface area contributed by atoms with Crippen LogP contribution in [-0.2, 0) is 4.74 Å². The molecule has 25 heavy (non-hydrogen) atoms. The average Bonchev–Trinajstić information content (AvgIpc) is 2.62.